The van der Waals surface area contributed by atoms with Crippen molar-refractivity contribution in [1.29, 1.82) is 0 Å². The Morgan fingerprint density at radius 3 is 1.84 bits per heavy atom. The number of likely N-dealkylation sites (tertiary alicyclic amines) is 1. The molecule has 1 N–H and O–H groups in total. The van der Waals surface area contributed by atoms with Crippen molar-refractivity contribution in [3.8, 4) is 0 Å². The summed E-state index contributed by atoms with van der Waals surface area (Å²) in [7, 11) is 3.31. The number of ketones is 1. The zero-order valence-corrected chi connectivity index (χ0v) is 28.5. The molecular formula is C39H38N3O6P. The van der Waals surface area contributed by atoms with Crippen molar-refractivity contribution in [2.45, 2.75) is 25.5 Å². The van der Waals surface area contributed by atoms with Crippen molar-refractivity contribution in [2.24, 2.45) is 20.0 Å². The lowest BCUT2D eigenvalue weighted by atomic mass is 9.79. The number of esters is 1. The smallest absolute Gasteiger partial charge is 0.356 e. The molecule has 0 unspecified atom stereocenters. The average molecular weight is 676 g/mol. The Morgan fingerprint density at radius 1 is 0.837 bits per heavy atom. The molecule has 1 aliphatic rings. The Labute approximate surface area is 284 Å². The van der Waals surface area contributed by atoms with Crippen molar-refractivity contribution < 1.29 is 24.2 Å². The molecule has 0 radical (unpaired) electrons. The second kappa shape index (κ2) is 13.7. The van der Waals surface area contributed by atoms with E-state index in [9.17, 15) is 24.3 Å². The van der Waals surface area contributed by atoms with Crippen molar-refractivity contribution >= 4 is 56.9 Å². The molecule has 5 aromatic rings. The van der Waals surface area contributed by atoms with Gasteiger partial charge in [-0.1, -0.05) is 104 Å². The number of benzene rings is 4. The number of amides is 1. The standard InChI is InChI=1S/C39H38N3O6P/c1-5-23-48-38(46)37(49(28-15-9-6-10-16-28,29-17-11-7-12-18-29)30-19-13-8-14-20-30)42-33(35(26(2)43)36(42)45)25-34(44)27-21-22-31-32(24-27)41(4)39(47)40(31)3/h5-22,24,26,33,35,43H,1,23,25H2,2-4H3/t26-,33-,35-/m1/s1. The Hall–Kier alpha value is -5.24. The molecule has 10 heteroatoms. The minimum absolute atomic E-state index is 0.0953. The second-order valence-corrected chi connectivity index (χ2v) is 15.5. The van der Waals surface area contributed by atoms with Crippen LogP contribution in [0.2, 0.25) is 0 Å². The third-order valence-electron chi connectivity index (χ3n) is 9.27. The zero-order valence-electron chi connectivity index (χ0n) is 27.6. The summed E-state index contributed by atoms with van der Waals surface area (Å²) in [6, 6.07) is 32.9. The Balaban J connectivity index is 1.62. The van der Waals surface area contributed by atoms with E-state index in [1.165, 1.54) is 27.0 Å². The topological polar surface area (TPSA) is 111 Å². The first-order valence-electron chi connectivity index (χ1n) is 16.0. The maximum Gasteiger partial charge on any atom is 0.356 e. The quantitative estimate of drug-likeness (QED) is 0.0755. The lowest BCUT2D eigenvalue weighted by molar-refractivity contribution is -0.157. The summed E-state index contributed by atoms with van der Waals surface area (Å²) in [6.45, 7) is 1.96. The SMILES string of the molecule is C=CCOC(=O)C(N1C(=O)[C@H]([C@@H](C)O)[C@H]1CC(=O)c1ccc2c(c1)n(C)c(=O)n2C)=P(c1ccccc1)(c1ccccc1)c1ccccc1. The van der Waals surface area contributed by atoms with Crippen molar-refractivity contribution in [3.63, 3.8) is 0 Å². The molecule has 49 heavy (non-hydrogen) atoms. The van der Waals surface area contributed by atoms with E-state index in [4.69, 9.17) is 4.74 Å². The van der Waals surface area contributed by atoms with Gasteiger partial charge in [-0.2, -0.15) is 0 Å². The summed E-state index contributed by atoms with van der Waals surface area (Å²) in [5, 5.41) is 13.3. The maximum atomic E-state index is 14.6. The molecule has 1 aliphatic heterocycles. The third-order valence-corrected chi connectivity index (χ3v) is 13.5. The van der Waals surface area contributed by atoms with Crippen LogP contribution < -0.4 is 21.6 Å². The molecule has 1 saturated heterocycles. The summed E-state index contributed by atoms with van der Waals surface area (Å²) in [5.74, 6) is -2.42. The summed E-state index contributed by atoms with van der Waals surface area (Å²) in [5.41, 5.74) is 1.52. The van der Waals surface area contributed by atoms with Crippen molar-refractivity contribution in [3.05, 3.63) is 138 Å². The fourth-order valence-corrected chi connectivity index (χ4v) is 11.3. The highest BCUT2D eigenvalue weighted by Gasteiger charge is 2.55. The number of nitrogens with zero attached hydrogens (tertiary/aromatic N) is 3. The average Bonchev–Trinajstić information content (AvgIpc) is 3.34. The number of fused-ring (bicyclic) bond motifs is 1. The number of imidazole rings is 1. The molecule has 1 aromatic heterocycles. The molecule has 0 saturated carbocycles. The van der Waals surface area contributed by atoms with Gasteiger partial charge in [-0.3, -0.25) is 18.7 Å². The van der Waals surface area contributed by atoms with Crippen LogP contribution >= 0.6 is 6.89 Å². The summed E-state index contributed by atoms with van der Waals surface area (Å²) in [4.78, 5) is 57.0. The first kappa shape index (κ1) is 33.7. The van der Waals surface area contributed by atoms with E-state index in [2.05, 4.69) is 6.58 Å². The molecule has 1 amide bonds. The highest BCUT2D eigenvalue weighted by atomic mass is 31.2. The fourth-order valence-electron chi connectivity index (χ4n) is 6.93. The van der Waals surface area contributed by atoms with E-state index in [1.807, 2.05) is 91.0 Å². The second-order valence-electron chi connectivity index (χ2n) is 12.2. The van der Waals surface area contributed by atoms with Gasteiger partial charge in [0.2, 0.25) is 5.91 Å². The van der Waals surface area contributed by atoms with Gasteiger partial charge >= 0.3 is 11.7 Å². The van der Waals surface area contributed by atoms with E-state index >= 15 is 0 Å². The van der Waals surface area contributed by atoms with Gasteiger partial charge in [-0.25, -0.2) is 9.59 Å². The Morgan fingerprint density at radius 2 is 1.35 bits per heavy atom. The van der Waals surface area contributed by atoms with Gasteiger partial charge in [0.15, 0.2) is 5.78 Å². The molecule has 0 bridgehead atoms. The number of β-lactam (4-membered cyclic amide) rings is 1. The molecule has 1 fully saturated rings. The van der Waals surface area contributed by atoms with Crippen molar-refractivity contribution in [1.82, 2.24) is 14.0 Å². The normalized spacial score (nSPS) is 16.6. The predicted molar refractivity (Wildman–Crippen MR) is 194 cm³/mol. The minimum Gasteiger partial charge on any atom is -0.457 e. The predicted octanol–water partition coefficient (Wildman–Crippen LogP) is 3.51. The van der Waals surface area contributed by atoms with Crippen LogP contribution in [-0.2, 0) is 28.4 Å². The number of ether oxygens (including phenoxy) is 1. The van der Waals surface area contributed by atoms with E-state index < -0.39 is 36.8 Å². The molecule has 250 valence electrons. The van der Waals surface area contributed by atoms with E-state index in [1.54, 1.807) is 32.3 Å². The number of carbonyl (C=O) groups is 3. The number of hydrogen-bond acceptors (Lipinski definition) is 6. The summed E-state index contributed by atoms with van der Waals surface area (Å²) in [6.07, 6.45) is 0.195. The number of aromatic nitrogens is 2. The van der Waals surface area contributed by atoms with Gasteiger partial charge in [0, 0.05) is 33.0 Å². The lowest BCUT2D eigenvalue weighted by Gasteiger charge is -2.50. The number of aryl methyl sites for hydroxylation is 2. The first-order chi connectivity index (χ1) is 23.6. The monoisotopic (exact) mass is 675 g/mol. The summed E-state index contributed by atoms with van der Waals surface area (Å²) < 4.78 is 8.78. The molecular weight excluding hydrogens is 637 g/mol. The van der Waals surface area contributed by atoms with Crippen LogP contribution in [-0.4, -0.2) is 61.0 Å². The van der Waals surface area contributed by atoms with Crippen LogP contribution in [0.15, 0.2) is 127 Å². The van der Waals surface area contributed by atoms with E-state index in [0.717, 1.165) is 15.9 Å². The molecule has 4 aromatic carbocycles. The first-order valence-corrected chi connectivity index (χ1v) is 17.8. The molecule has 2 heterocycles. The van der Waals surface area contributed by atoms with Gasteiger partial charge in [0.05, 0.1) is 29.1 Å². The number of hydrogen-bond donors (Lipinski definition) is 1. The number of aliphatic hydroxyl groups excluding tert-OH is 1. The molecule has 3 atom stereocenters. The van der Waals surface area contributed by atoms with Crippen LogP contribution in [0.1, 0.15) is 23.7 Å². The lowest BCUT2D eigenvalue weighted by Crippen LogP contribution is -2.68. The number of rotatable bonds is 11. The Bertz CT molecular complexity index is 2070. The molecule has 6 rings (SSSR count). The maximum absolute atomic E-state index is 14.6. The van der Waals surface area contributed by atoms with Crippen LogP contribution in [0, 0.1) is 5.92 Å². The fraction of sp³-hybridized carbons (Fsp3) is 0.205. The minimum atomic E-state index is -3.19. The molecule has 9 nitrogen and oxygen atoms in total. The van der Waals surface area contributed by atoms with Crippen LogP contribution in [0.5, 0.6) is 0 Å². The van der Waals surface area contributed by atoms with E-state index in [-0.39, 0.29) is 29.9 Å². The molecule has 0 aliphatic carbocycles. The highest BCUT2D eigenvalue weighted by molar-refractivity contribution is 7.96. The van der Waals surface area contributed by atoms with E-state index in [0.29, 0.717) is 16.6 Å². The Kier molecular flexibility index (Phi) is 9.41. The summed E-state index contributed by atoms with van der Waals surface area (Å²) >= 11 is 0. The van der Waals surface area contributed by atoms with Crippen LogP contribution in [0.3, 0.4) is 0 Å². The highest BCUT2D eigenvalue weighted by Crippen LogP contribution is 2.50. The largest absolute Gasteiger partial charge is 0.457 e. The van der Waals surface area contributed by atoms with Crippen LogP contribution in [0.4, 0.5) is 0 Å². The van der Waals surface area contributed by atoms with Gasteiger partial charge in [0.1, 0.15) is 12.0 Å². The number of aliphatic hydroxyl groups is 1. The third kappa shape index (κ3) is 5.69. The van der Waals surface area contributed by atoms with Crippen LogP contribution in [0.25, 0.3) is 11.0 Å². The van der Waals surface area contributed by atoms with Gasteiger partial charge < -0.3 is 14.7 Å². The van der Waals surface area contributed by atoms with Gasteiger partial charge in [-0.15, -0.1) is 0 Å². The molecule has 0 spiro atoms. The number of carbonyl (C=O) groups excluding carboxylic acids is 3. The zero-order chi connectivity index (χ0) is 34.9. The van der Waals surface area contributed by atoms with Gasteiger partial charge in [-0.05, 0) is 41.0 Å². The van der Waals surface area contributed by atoms with Gasteiger partial charge in [0.25, 0.3) is 0 Å². The van der Waals surface area contributed by atoms with Crippen molar-refractivity contribution in [2.75, 3.05) is 6.61 Å². The number of Topliss-reactive ketones (excluding diaryl/α,β-unsaturated/α-hetero) is 1.